The summed E-state index contributed by atoms with van der Waals surface area (Å²) < 4.78 is 11.5. The Hall–Kier alpha value is -1.40. The number of nitrogens with zero attached hydrogens (tertiary/aromatic N) is 1. The van der Waals surface area contributed by atoms with E-state index >= 15 is 0 Å². The van der Waals surface area contributed by atoms with Crippen LogP contribution in [0.5, 0.6) is 0 Å². The lowest BCUT2D eigenvalue weighted by atomic mass is 9.57. The van der Waals surface area contributed by atoms with Crippen LogP contribution in [0.25, 0.3) is 0 Å². The molecule has 2 heterocycles. The maximum Gasteiger partial charge on any atom is 0.272 e. The number of aromatic amines is 1. The van der Waals surface area contributed by atoms with Crippen LogP contribution in [0.3, 0.4) is 0 Å². The van der Waals surface area contributed by atoms with Crippen molar-refractivity contribution in [3.05, 3.63) is 17.7 Å². The van der Waals surface area contributed by atoms with E-state index in [4.69, 9.17) is 9.47 Å². The normalized spacial score (nSPS) is 26.2. The molecule has 134 valence electrons. The molecule has 3 rings (SSSR count). The number of rotatable bonds is 4. The quantitative estimate of drug-likeness (QED) is 0.886. The molecule has 2 atom stereocenters. The Balaban J connectivity index is 1.74. The first-order chi connectivity index (χ1) is 11.4. The predicted molar refractivity (Wildman–Crippen MR) is 91.1 cm³/mol. The second kappa shape index (κ2) is 6.48. The Morgan fingerprint density at radius 3 is 2.79 bits per heavy atom. The van der Waals surface area contributed by atoms with E-state index < -0.39 is 0 Å². The largest absolute Gasteiger partial charge is 0.381 e. The molecule has 2 fully saturated rings. The molecule has 0 bridgehead atoms. The SMILES string of the molecule is CCO[C@@H]1C[C@@H](NC(=O)c2nc[nH]c2C(C)(C)C)C12CCOCC2. The third-order valence-corrected chi connectivity index (χ3v) is 5.49. The molecule has 6 heteroatoms. The number of H-pyrrole nitrogens is 1. The first kappa shape index (κ1) is 17.4. The Kier molecular flexibility index (Phi) is 4.71. The first-order valence-corrected chi connectivity index (χ1v) is 8.92. The summed E-state index contributed by atoms with van der Waals surface area (Å²) in [5.74, 6) is -0.0907. The van der Waals surface area contributed by atoms with E-state index in [1.807, 2.05) is 6.92 Å². The molecule has 0 unspecified atom stereocenters. The molecule has 1 aromatic rings. The summed E-state index contributed by atoms with van der Waals surface area (Å²) in [6.45, 7) is 10.4. The van der Waals surface area contributed by atoms with E-state index in [0.717, 1.165) is 38.2 Å². The second-order valence-corrected chi connectivity index (χ2v) is 7.93. The Morgan fingerprint density at radius 2 is 2.17 bits per heavy atom. The fraction of sp³-hybridized carbons (Fsp3) is 0.778. The van der Waals surface area contributed by atoms with Gasteiger partial charge in [0.15, 0.2) is 0 Å². The molecule has 1 spiro atoms. The van der Waals surface area contributed by atoms with Crippen LogP contribution in [0.1, 0.15) is 63.1 Å². The number of hydrogen-bond acceptors (Lipinski definition) is 4. The smallest absolute Gasteiger partial charge is 0.272 e. The van der Waals surface area contributed by atoms with Crippen molar-refractivity contribution < 1.29 is 14.3 Å². The number of amides is 1. The van der Waals surface area contributed by atoms with Gasteiger partial charge in [-0.15, -0.1) is 0 Å². The van der Waals surface area contributed by atoms with Crippen LogP contribution in [0, 0.1) is 5.41 Å². The third-order valence-electron chi connectivity index (χ3n) is 5.49. The van der Waals surface area contributed by atoms with E-state index in [0.29, 0.717) is 12.3 Å². The molecule has 1 amide bonds. The molecule has 6 nitrogen and oxygen atoms in total. The number of carbonyl (C=O) groups excluding carboxylic acids is 1. The summed E-state index contributed by atoms with van der Waals surface area (Å²) in [7, 11) is 0. The number of ether oxygens (including phenoxy) is 2. The molecule has 2 aliphatic rings. The molecule has 1 saturated heterocycles. The zero-order chi connectivity index (χ0) is 17.4. The van der Waals surface area contributed by atoms with Crippen molar-refractivity contribution in [1.82, 2.24) is 15.3 Å². The van der Waals surface area contributed by atoms with Crippen molar-refractivity contribution in [2.24, 2.45) is 5.41 Å². The highest BCUT2D eigenvalue weighted by Crippen LogP contribution is 2.50. The van der Waals surface area contributed by atoms with Crippen LogP contribution in [0.15, 0.2) is 6.33 Å². The van der Waals surface area contributed by atoms with Gasteiger partial charge in [-0.05, 0) is 26.2 Å². The molecule has 1 saturated carbocycles. The van der Waals surface area contributed by atoms with E-state index in [9.17, 15) is 4.79 Å². The van der Waals surface area contributed by atoms with Crippen molar-refractivity contribution in [3.63, 3.8) is 0 Å². The van der Waals surface area contributed by atoms with Gasteiger partial charge in [-0.1, -0.05) is 20.8 Å². The van der Waals surface area contributed by atoms with Crippen LogP contribution in [-0.4, -0.2) is 47.8 Å². The van der Waals surface area contributed by atoms with Gasteiger partial charge in [-0.25, -0.2) is 4.98 Å². The molecular formula is C18H29N3O3. The van der Waals surface area contributed by atoms with Gasteiger partial charge >= 0.3 is 0 Å². The molecule has 24 heavy (non-hydrogen) atoms. The van der Waals surface area contributed by atoms with Crippen LogP contribution in [-0.2, 0) is 14.9 Å². The van der Waals surface area contributed by atoms with E-state index in [1.54, 1.807) is 6.33 Å². The molecule has 0 aromatic carbocycles. The first-order valence-electron chi connectivity index (χ1n) is 8.92. The number of imidazole rings is 1. The number of carbonyl (C=O) groups is 1. The Morgan fingerprint density at radius 1 is 1.46 bits per heavy atom. The molecule has 1 aliphatic carbocycles. The van der Waals surface area contributed by atoms with Gasteiger partial charge in [0.25, 0.3) is 5.91 Å². The fourth-order valence-corrected chi connectivity index (χ4v) is 4.07. The zero-order valence-electron chi connectivity index (χ0n) is 15.1. The number of hydrogen-bond donors (Lipinski definition) is 2. The minimum atomic E-state index is -0.146. The second-order valence-electron chi connectivity index (χ2n) is 7.93. The van der Waals surface area contributed by atoms with Crippen LogP contribution < -0.4 is 5.32 Å². The standard InChI is InChI=1S/C18H29N3O3/c1-5-24-13-10-12(18(13)6-8-23-9-7-18)21-16(22)14-15(17(2,3)4)20-11-19-14/h11-13H,5-10H2,1-4H3,(H,19,20)(H,21,22)/t12-,13-/m1/s1. The number of aromatic nitrogens is 2. The average Bonchev–Trinajstić information content (AvgIpc) is 3.04. The average molecular weight is 335 g/mol. The highest BCUT2D eigenvalue weighted by molar-refractivity contribution is 5.94. The van der Waals surface area contributed by atoms with Crippen molar-refractivity contribution in [3.8, 4) is 0 Å². The molecule has 2 N–H and O–H groups in total. The maximum absolute atomic E-state index is 12.8. The lowest BCUT2D eigenvalue weighted by Crippen LogP contribution is -2.66. The van der Waals surface area contributed by atoms with Crippen molar-refractivity contribution in [1.29, 1.82) is 0 Å². The van der Waals surface area contributed by atoms with Gasteiger partial charge < -0.3 is 19.8 Å². The highest BCUT2D eigenvalue weighted by Gasteiger charge is 2.56. The minimum absolute atomic E-state index is 0.0160. The Bertz CT molecular complexity index is 585. The minimum Gasteiger partial charge on any atom is -0.381 e. The lowest BCUT2D eigenvalue weighted by Gasteiger charge is -2.57. The molecular weight excluding hydrogens is 306 g/mol. The predicted octanol–water partition coefficient (Wildman–Crippen LogP) is 2.41. The van der Waals surface area contributed by atoms with Gasteiger partial charge in [0.1, 0.15) is 5.69 Å². The van der Waals surface area contributed by atoms with E-state index in [1.165, 1.54) is 0 Å². The summed E-state index contributed by atoms with van der Waals surface area (Å²) in [5.41, 5.74) is 1.25. The van der Waals surface area contributed by atoms with Gasteiger partial charge in [0, 0.05) is 36.7 Å². The van der Waals surface area contributed by atoms with Crippen molar-refractivity contribution >= 4 is 5.91 Å². The summed E-state index contributed by atoms with van der Waals surface area (Å²) in [5, 5.41) is 3.22. The number of nitrogens with one attached hydrogen (secondary N) is 2. The van der Waals surface area contributed by atoms with Crippen LogP contribution >= 0.6 is 0 Å². The fourth-order valence-electron chi connectivity index (χ4n) is 4.07. The topological polar surface area (TPSA) is 76.2 Å². The highest BCUT2D eigenvalue weighted by atomic mass is 16.5. The summed E-state index contributed by atoms with van der Waals surface area (Å²) >= 11 is 0. The van der Waals surface area contributed by atoms with E-state index in [2.05, 4.69) is 36.1 Å². The van der Waals surface area contributed by atoms with Crippen LogP contribution in [0.4, 0.5) is 0 Å². The molecule has 1 aliphatic heterocycles. The molecule has 0 radical (unpaired) electrons. The van der Waals surface area contributed by atoms with Gasteiger partial charge in [0.05, 0.1) is 18.1 Å². The zero-order valence-corrected chi connectivity index (χ0v) is 15.1. The van der Waals surface area contributed by atoms with Crippen molar-refractivity contribution in [2.45, 2.75) is 64.5 Å². The maximum atomic E-state index is 12.8. The lowest BCUT2D eigenvalue weighted by molar-refractivity contribution is -0.170. The van der Waals surface area contributed by atoms with Gasteiger partial charge in [-0.2, -0.15) is 0 Å². The Labute approximate surface area is 143 Å². The van der Waals surface area contributed by atoms with E-state index in [-0.39, 0.29) is 28.9 Å². The monoisotopic (exact) mass is 335 g/mol. The van der Waals surface area contributed by atoms with Crippen LogP contribution in [0.2, 0.25) is 0 Å². The van der Waals surface area contributed by atoms with Crippen molar-refractivity contribution in [2.75, 3.05) is 19.8 Å². The summed E-state index contributed by atoms with van der Waals surface area (Å²) in [6.07, 6.45) is 4.57. The summed E-state index contributed by atoms with van der Waals surface area (Å²) in [6, 6.07) is 0.134. The van der Waals surface area contributed by atoms with Gasteiger partial charge in [-0.3, -0.25) is 4.79 Å². The third kappa shape index (κ3) is 2.97. The van der Waals surface area contributed by atoms with Gasteiger partial charge in [0.2, 0.25) is 0 Å². The molecule has 1 aromatic heterocycles. The summed E-state index contributed by atoms with van der Waals surface area (Å²) in [4.78, 5) is 20.2.